The molecule has 0 radical (unpaired) electrons. The van der Waals surface area contributed by atoms with Gasteiger partial charge in [0.15, 0.2) is 4.34 Å². The first-order chi connectivity index (χ1) is 22.4. The number of nitrogens with zero attached hydrogens (tertiary/aromatic N) is 3. The zero-order valence-electron chi connectivity index (χ0n) is 26.0. The maximum absolute atomic E-state index is 13.7. The third-order valence-corrected chi connectivity index (χ3v) is 10.2. The number of hydrogen-bond acceptors (Lipinski definition) is 8. The fourth-order valence-electron chi connectivity index (χ4n) is 5.69. The summed E-state index contributed by atoms with van der Waals surface area (Å²) in [6, 6.07) is 26.6. The van der Waals surface area contributed by atoms with Crippen molar-refractivity contribution in [1.29, 1.82) is 0 Å². The van der Waals surface area contributed by atoms with E-state index in [1.165, 1.54) is 44.3 Å². The Hall–Kier alpha value is -4.47. The molecule has 0 bridgehead atoms. The van der Waals surface area contributed by atoms with Crippen LogP contribution in [0.25, 0.3) is 16.5 Å². The molecule has 9 heteroatoms. The Balaban J connectivity index is 1.35. The molecule has 1 saturated heterocycles. The lowest BCUT2D eigenvalue weighted by molar-refractivity contribution is -0.132. The number of unbranched alkanes of at least 4 members (excludes halogenated alkanes) is 2. The number of fused-ring (bicyclic) bond motifs is 1. The Kier molecular flexibility index (Phi) is 9.51. The number of carbonyl (C=O) groups excluding carboxylic acids is 2. The monoisotopic (exact) mass is 649 g/mol. The molecule has 6 rings (SSSR count). The zero-order chi connectivity index (χ0) is 32.2. The molecule has 46 heavy (non-hydrogen) atoms. The van der Waals surface area contributed by atoms with Crippen LogP contribution in [0.15, 0.2) is 94.8 Å². The molecule has 5 aromatic rings. The van der Waals surface area contributed by atoms with Gasteiger partial charge in [-0.1, -0.05) is 115 Å². The molecule has 1 N–H and O–H groups in total. The lowest BCUT2D eigenvalue weighted by atomic mass is 9.93. The number of carbonyl (C=O) groups is 2. The van der Waals surface area contributed by atoms with E-state index in [9.17, 15) is 14.7 Å². The number of aliphatic hydroxyl groups excluding tert-OH is 1. The number of aromatic nitrogens is 2. The molecule has 7 nitrogen and oxygen atoms in total. The highest BCUT2D eigenvalue weighted by atomic mass is 32.2. The molecule has 0 spiro atoms. The summed E-state index contributed by atoms with van der Waals surface area (Å²) in [7, 11) is 0. The molecule has 1 unspecified atom stereocenters. The van der Waals surface area contributed by atoms with Gasteiger partial charge in [0.05, 0.1) is 18.2 Å². The summed E-state index contributed by atoms with van der Waals surface area (Å²) < 4.78 is 6.59. The van der Waals surface area contributed by atoms with Gasteiger partial charge in [0, 0.05) is 11.3 Å². The van der Waals surface area contributed by atoms with Gasteiger partial charge in [-0.15, -0.1) is 10.2 Å². The van der Waals surface area contributed by atoms with E-state index in [0.29, 0.717) is 38.7 Å². The molecular formula is C37H35N3O4S2. The summed E-state index contributed by atoms with van der Waals surface area (Å²) in [6.45, 7) is 6.55. The predicted molar refractivity (Wildman–Crippen MR) is 186 cm³/mol. The van der Waals surface area contributed by atoms with Crippen molar-refractivity contribution in [3.05, 3.63) is 118 Å². The Morgan fingerprint density at radius 2 is 1.74 bits per heavy atom. The van der Waals surface area contributed by atoms with Gasteiger partial charge in [0.1, 0.15) is 11.5 Å². The molecule has 1 aliphatic heterocycles. The van der Waals surface area contributed by atoms with Gasteiger partial charge >= 0.3 is 5.91 Å². The quantitative estimate of drug-likeness (QED) is 0.0382. The van der Waals surface area contributed by atoms with Crippen LogP contribution in [-0.4, -0.2) is 33.6 Å². The normalized spacial score (nSPS) is 16.0. The highest BCUT2D eigenvalue weighted by molar-refractivity contribution is 8.00. The van der Waals surface area contributed by atoms with Crippen LogP contribution in [0.1, 0.15) is 60.0 Å². The van der Waals surface area contributed by atoms with Crippen LogP contribution in [-0.2, 0) is 15.3 Å². The van der Waals surface area contributed by atoms with Crippen molar-refractivity contribution < 1.29 is 19.4 Å². The second-order valence-corrected chi connectivity index (χ2v) is 13.6. The lowest BCUT2D eigenvalue weighted by Crippen LogP contribution is -2.29. The minimum absolute atomic E-state index is 0.0236. The number of aliphatic hydroxyl groups is 1. The molecule has 1 aliphatic rings. The van der Waals surface area contributed by atoms with E-state index in [1.807, 2.05) is 74.5 Å². The predicted octanol–water partition coefficient (Wildman–Crippen LogP) is 8.80. The molecule has 0 aliphatic carbocycles. The van der Waals surface area contributed by atoms with Gasteiger partial charge in [0.2, 0.25) is 5.13 Å². The van der Waals surface area contributed by atoms with E-state index in [2.05, 4.69) is 41.4 Å². The van der Waals surface area contributed by atoms with Crippen molar-refractivity contribution in [3.63, 3.8) is 0 Å². The molecule has 2 heterocycles. The van der Waals surface area contributed by atoms with Gasteiger partial charge in [-0.2, -0.15) is 0 Å². The van der Waals surface area contributed by atoms with Gasteiger partial charge in [0.25, 0.3) is 5.78 Å². The van der Waals surface area contributed by atoms with Gasteiger partial charge < -0.3 is 9.84 Å². The highest BCUT2D eigenvalue weighted by Crippen LogP contribution is 2.44. The standard InChI is InChI=1S/C37H35N3O4S2/c1-4-5-8-20-44-28-18-16-26(17-19-28)32-31(33(41)30-21-23(2)14-15-24(30)3)34(42)35(43)40(32)36-38-39-37(46-36)45-22-27-12-9-11-25-10-6-7-13-29(25)27/h6-7,9-19,21,32,41H,4-5,8,20,22H2,1-3H3/b33-31+. The fourth-order valence-corrected chi connectivity index (χ4v) is 7.56. The van der Waals surface area contributed by atoms with E-state index in [0.717, 1.165) is 30.4 Å². The van der Waals surface area contributed by atoms with Crippen molar-refractivity contribution in [3.8, 4) is 5.75 Å². The topological polar surface area (TPSA) is 92.6 Å². The summed E-state index contributed by atoms with van der Waals surface area (Å²) >= 11 is 2.79. The first-order valence-electron chi connectivity index (χ1n) is 15.4. The molecule has 1 amide bonds. The molecule has 0 saturated carbocycles. The smallest absolute Gasteiger partial charge is 0.301 e. The average Bonchev–Trinajstić information content (AvgIpc) is 3.64. The van der Waals surface area contributed by atoms with E-state index in [-0.39, 0.29) is 11.3 Å². The van der Waals surface area contributed by atoms with Gasteiger partial charge in [-0.25, -0.2) is 0 Å². The third-order valence-electron chi connectivity index (χ3n) is 8.14. The summed E-state index contributed by atoms with van der Waals surface area (Å²) in [4.78, 5) is 28.8. The van der Waals surface area contributed by atoms with Crippen LogP contribution in [0, 0.1) is 13.8 Å². The maximum Gasteiger partial charge on any atom is 0.301 e. The second kappa shape index (κ2) is 13.9. The van der Waals surface area contributed by atoms with Crippen LogP contribution >= 0.6 is 23.1 Å². The Morgan fingerprint density at radius 1 is 0.957 bits per heavy atom. The van der Waals surface area contributed by atoms with Crippen LogP contribution < -0.4 is 9.64 Å². The molecular weight excluding hydrogens is 615 g/mol. The number of benzene rings is 4. The van der Waals surface area contributed by atoms with Crippen LogP contribution in [0.5, 0.6) is 5.75 Å². The fraction of sp³-hybridized carbons (Fsp3) is 0.243. The number of thioether (sulfide) groups is 1. The first kappa shape index (κ1) is 31.5. The van der Waals surface area contributed by atoms with Crippen molar-refractivity contribution >= 4 is 56.5 Å². The van der Waals surface area contributed by atoms with Crippen LogP contribution in [0.3, 0.4) is 0 Å². The summed E-state index contributed by atoms with van der Waals surface area (Å²) in [5.74, 6) is -0.344. The molecule has 1 atom stereocenters. The number of amides is 1. The van der Waals surface area contributed by atoms with Crippen molar-refractivity contribution in [2.24, 2.45) is 0 Å². The number of Topliss-reactive ketones (excluding diaryl/α,β-unsaturated/α-hetero) is 1. The van der Waals surface area contributed by atoms with Crippen molar-refractivity contribution in [2.75, 3.05) is 11.5 Å². The van der Waals surface area contributed by atoms with E-state index in [4.69, 9.17) is 4.74 Å². The van der Waals surface area contributed by atoms with Crippen molar-refractivity contribution in [1.82, 2.24) is 10.2 Å². The second-order valence-electron chi connectivity index (χ2n) is 11.4. The van der Waals surface area contributed by atoms with E-state index >= 15 is 0 Å². The maximum atomic E-state index is 13.7. The minimum atomic E-state index is -0.891. The number of aryl methyl sites for hydroxylation is 2. The largest absolute Gasteiger partial charge is 0.507 e. The van der Waals surface area contributed by atoms with E-state index < -0.39 is 17.7 Å². The Morgan fingerprint density at radius 3 is 2.54 bits per heavy atom. The summed E-state index contributed by atoms with van der Waals surface area (Å²) in [6.07, 6.45) is 3.16. The molecule has 4 aromatic carbocycles. The number of ketones is 1. The van der Waals surface area contributed by atoms with Gasteiger partial charge in [-0.3, -0.25) is 14.5 Å². The SMILES string of the molecule is CCCCCOc1ccc(C2/C(=C(\O)c3cc(C)ccc3C)C(=O)C(=O)N2c2nnc(SCc3cccc4ccccc34)s2)cc1. The average molecular weight is 650 g/mol. The summed E-state index contributed by atoms with van der Waals surface area (Å²) in [5, 5.41) is 23.1. The first-order valence-corrected chi connectivity index (χ1v) is 17.2. The lowest BCUT2D eigenvalue weighted by Gasteiger charge is -2.23. The number of ether oxygens (including phenoxy) is 1. The highest BCUT2D eigenvalue weighted by Gasteiger charge is 2.48. The molecule has 234 valence electrons. The third kappa shape index (κ3) is 6.43. The zero-order valence-corrected chi connectivity index (χ0v) is 27.7. The Bertz CT molecular complexity index is 1930. The van der Waals surface area contributed by atoms with Crippen molar-refractivity contribution in [2.45, 2.75) is 56.2 Å². The number of anilines is 1. The van der Waals surface area contributed by atoms with Crippen LogP contribution in [0.4, 0.5) is 5.13 Å². The Labute approximate surface area is 276 Å². The molecule has 1 fully saturated rings. The number of hydrogen-bond donors (Lipinski definition) is 1. The van der Waals surface area contributed by atoms with Crippen LogP contribution in [0.2, 0.25) is 0 Å². The molecule has 1 aromatic heterocycles. The van der Waals surface area contributed by atoms with E-state index in [1.54, 1.807) is 0 Å². The van der Waals surface area contributed by atoms with Gasteiger partial charge in [-0.05, 0) is 65.9 Å². The minimum Gasteiger partial charge on any atom is -0.507 e. The summed E-state index contributed by atoms with van der Waals surface area (Å²) in [5.41, 5.74) is 4.10. The number of rotatable bonds is 11.